The van der Waals surface area contributed by atoms with Gasteiger partial charge in [-0.2, -0.15) is 0 Å². The average Bonchev–Trinajstić information content (AvgIpc) is 2.18. The summed E-state index contributed by atoms with van der Waals surface area (Å²) in [5.41, 5.74) is 4.93. The molecule has 2 rings (SSSR count). The highest BCUT2D eigenvalue weighted by atomic mass is 19.1. The Hall–Kier alpha value is -1.68. The number of nitrogens with two attached hydrogens (primary N) is 1. The normalized spacial score (nSPS) is 10.7. The summed E-state index contributed by atoms with van der Waals surface area (Å²) in [6.45, 7) is 3.77. The molecule has 78 valence electrons. The van der Waals surface area contributed by atoms with E-state index >= 15 is 0 Å². The number of aryl methyl sites for hydroxylation is 2. The predicted molar refractivity (Wildman–Crippen MR) is 59.0 cm³/mol. The van der Waals surface area contributed by atoms with Crippen LogP contribution in [0, 0.1) is 19.7 Å². The van der Waals surface area contributed by atoms with Crippen molar-refractivity contribution in [2.24, 2.45) is 5.84 Å². The van der Waals surface area contributed by atoms with Crippen molar-refractivity contribution in [3.05, 3.63) is 35.1 Å². The van der Waals surface area contributed by atoms with Crippen LogP contribution in [0.2, 0.25) is 0 Å². The molecule has 1 aromatic carbocycles. The molecule has 0 amide bonds. The molecule has 4 heteroatoms. The number of nitrogens with zero attached hydrogens (tertiary/aromatic N) is 1. The Morgan fingerprint density at radius 2 is 1.93 bits per heavy atom. The Labute approximate surface area is 87.1 Å². The predicted octanol–water partition coefficient (Wildman–Crippen LogP) is 2.28. The average molecular weight is 205 g/mol. The number of hydrogen-bond acceptors (Lipinski definition) is 3. The highest BCUT2D eigenvalue weighted by Crippen LogP contribution is 2.23. The minimum absolute atomic E-state index is 0.278. The van der Waals surface area contributed by atoms with E-state index in [-0.39, 0.29) is 5.82 Å². The molecule has 1 aromatic heterocycles. The maximum atomic E-state index is 13.1. The number of fused-ring (bicyclic) bond motifs is 1. The summed E-state index contributed by atoms with van der Waals surface area (Å²) in [6, 6.07) is 4.86. The molecule has 0 spiro atoms. The van der Waals surface area contributed by atoms with E-state index in [1.807, 2.05) is 19.9 Å². The molecular weight excluding hydrogens is 193 g/mol. The molecule has 0 fully saturated rings. The van der Waals surface area contributed by atoms with Gasteiger partial charge in [0.2, 0.25) is 0 Å². The molecule has 0 aliphatic rings. The molecule has 0 saturated heterocycles. The zero-order valence-corrected chi connectivity index (χ0v) is 8.63. The van der Waals surface area contributed by atoms with Crippen LogP contribution >= 0.6 is 0 Å². The van der Waals surface area contributed by atoms with E-state index in [2.05, 4.69) is 10.4 Å². The molecule has 3 nitrogen and oxygen atoms in total. The van der Waals surface area contributed by atoms with E-state index in [0.717, 1.165) is 16.5 Å². The first-order valence-corrected chi connectivity index (χ1v) is 4.66. The number of rotatable bonds is 1. The summed E-state index contributed by atoms with van der Waals surface area (Å²) >= 11 is 0. The van der Waals surface area contributed by atoms with Crippen LogP contribution in [0.5, 0.6) is 0 Å². The van der Waals surface area contributed by atoms with Crippen molar-refractivity contribution in [2.75, 3.05) is 5.43 Å². The second-order valence-corrected chi connectivity index (χ2v) is 3.59. The Kier molecular flexibility index (Phi) is 2.28. The minimum atomic E-state index is -0.278. The Balaban J connectivity index is 2.81. The number of nitrogens with one attached hydrogen (secondary N) is 1. The zero-order valence-electron chi connectivity index (χ0n) is 8.63. The summed E-state index contributed by atoms with van der Waals surface area (Å²) in [7, 11) is 0. The lowest BCUT2D eigenvalue weighted by atomic mass is 10.1. The van der Waals surface area contributed by atoms with E-state index in [9.17, 15) is 4.39 Å². The topological polar surface area (TPSA) is 50.9 Å². The first kappa shape index (κ1) is 9.86. The molecule has 15 heavy (non-hydrogen) atoms. The third kappa shape index (κ3) is 1.64. The first-order valence-electron chi connectivity index (χ1n) is 4.66. The van der Waals surface area contributed by atoms with E-state index in [4.69, 9.17) is 5.84 Å². The van der Waals surface area contributed by atoms with Crippen LogP contribution in [0.1, 0.15) is 11.1 Å². The van der Waals surface area contributed by atoms with Gasteiger partial charge in [0.25, 0.3) is 0 Å². The van der Waals surface area contributed by atoms with Crippen molar-refractivity contribution in [1.82, 2.24) is 4.98 Å². The van der Waals surface area contributed by atoms with Gasteiger partial charge in [0.15, 0.2) is 0 Å². The standard InChI is InChI=1S/C11H12FN3/c1-6-3-8(12)5-10-9(6)4-7(2)11(14-10)15-13/h3-5H,13H2,1-2H3,(H,14,15). The van der Waals surface area contributed by atoms with Gasteiger partial charge in [-0.05, 0) is 37.1 Å². The molecule has 0 radical (unpaired) electrons. The number of anilines is 1. The number of halogens is 1. The highest BCUT2D eigenvalue weighted by Gasteiger charge is 2.05. The fourth-order valence-corrected chi connectivity index (χ4v) is 1.66. The van der Waals surface area contributed by atoms with Crippen molar-refractivity contribution >= 4 is 16.7 Å². The SMILES string of the molecule is Cc1cc2c(C)cc(F)cc2nc1NN. The van der Waals surface area contributed by atoms with E-state index in [1.165, 1.54) is 12.1 Å². The fourth-order valence-electron chi connectivity index (χ4n) is 1.66. The highest BCUT2D eigenvalue weighted by molar-refractivity contribution is 5.84. The lowest BCUT2D eigenvalue weighted by molar-refractivity contribution is 0.628. The van der Waals surface area contributed by atoms with Gasteiger partial charge in [-0.3, -0.25) is 0 Å². The third-order valence-electron chi connectivity index (χ3n) is 2.43. The Morgan fingerprint density at radius 1 is 1.20 bits per heavy atom. The smallest absolute Gasteiger partial charge is 0.143 e. The summed E-state index contributed by atoms with van der Waals surface area (Å²) in [5, 5.41) is 0.952. The van der Waals surface area contributed by atoms with Gasteiger partial charge in [-0.15, -0.1) is 0 Å². The summed E-state index contributed by atoms with van der Waals surface area (Å²) in [5.74, 6) is 5.61. The fraction of sp³-hybridized carbons (Fsp3) is 0.182. The van der Waals surface area contributed by atoms with Crippen LogP contribution in [0.4, 0.5) is 10.2 Å². The van der Waals surface area contributed by atoms with Crippen molar-refractivity contribution in [1.29, 1.82) is 0 Å². The van der Waals surface area contributed by atoms with E-state index in [1.54, 1.807) is 0 Å². The molecular formula is C11H12FN3. The molecule has 0 aliphatic heterocycles. The molecule has 0 bridgehead atoms. The van der Waals surface area contributed by atoms with Gasteiger partial charge >= 0.3 is 0 Å². The number of nitrogen functional groups attached to an aromatic ring is 1. The Morgan fingerprint density at radius 3 is 2.60 bits per heavy atom. The lowest BCUT2D eigenvalue weighted by Gasteiger charge is -2.08. The third-order valence-corrected chi connectivity index (χ3v) is 2.43. The van der Waals surface area contributed by atoms with Gasteiger partial charge < -0.3 is 5.43 Å². The number of pyridine rings is 1. The number of hydrazine groups is 1. The summed E-state index contributed by atoms with van der Waals surface area (Å²) < 4.78 is 13.1. The van der Waals surface area contributed by atoms with Crippen LogP contribution < -0.4 is 11.3 Å². The van der Waals surface area contributed by atoms with E-state index in [0.29, 0.717) is 11.3 Å². The van der Waals surface area contributed by atoms with Gasteiger partial charge in [-0.25, -0.2) is 15.2 Å². The Bertz CT molecular complexity index is 523. The lowest BCUT2D eigenvalue weighted by Crippen LogP contribution is -2.10. The number of benzene rings is 1. The molecule has 0 unspecified atom stereocenters. The number of aromatic nitrogens is 1. The van der Waals surface area contributed by atoms with Gasteiger partial charge in [0, 0.05) is 11.5 Å². The second kappa shape index (κ2) is 3.47. The maximum absolute atomic E-state index is 13.1. The van der Waals surface area contributed by atoms with Gasteiger partial charge in [-0.1, -0.05) is 0 Å². The summed E-state index contributed by atoms with van der Waals surface area (Å²) in [4.78, 5) is 4.24. The van der Waals surface area contributed by atoms with Crippen LogP contribution in [-0.4, -0.2) is 4.98 Å². The first-order chi connectivity index (χ1) is 7.11. The number of hydrogen-bond donors (Lipinski definition) is 2. The summed E-state index contributed by atoms with van der Waals surface area (Å²) in [6.07, 6.45) is 0. The van der Waals surface area contributed by atoms with Crippen molar-refractivity contribution in [3.63, 3.8) is 0 Å². The molecule has 0 atom stereocenters. The van der Waals surface area contributed by atoms with E-state index < -0.39 is 0 Å². The maximum Gasteiger partial charge on any atom is 0.143 e. The van der Waals surface area contributed by atoms with Crippen LogP contribution in [0.3, 0.4) is 0 Å². The van der Waals surface area contributed by atoms with Gasteiger partial charge in [0.05, 0.1) is 5.52 Å². The van der Waals surface area contributed by atoms with Crippen LogP contribution in [0.25, 0.3) is 10.9 Å². The molecule has 1 heterocycles. The van der Waals surface area contributed by atoms with Crippen molar-refractivity contribution in [3.8, 4) is 0 Å². The van der Waals surface area contributed by atoms with Crippen molar-refractivity contribution < 1.29 is 4.39 Å². The van der Waals surface area contributed by atoms with Gasteiger partial charge in [0.1, 0.15) is 11.6 Å². The van der Waals surface area contributed by atoms with Crippen molar-refractivity contribution in [2.45, 2.75) is 13.8 Å². The largest absolute Gasteiger partial charge is 0.308 e. The van der Waals surface area contributed by atoms with Crippen LogP contribution in [0.15, 0.2) is 18.2 Å². The molecule has 0 aliphatic carbocycles. The monoisotopic (exact) mass is 205 g/mol. The molecule has 0 saturated carbocycles. The quantitative estimate of drug-likeness (QED) is 0.554. The molecule has 2 aromatic rings. The molecule has 3 N–H and O–H groups in total. The zero-order chi connectivity index (χ0) is 11.0. The minimum Gasteiger partial charge on any atom is -0.308 e. The second-order valence-electron chi connectivity index (χ2n) is 3.59. The van der Waals surface area contributed by atoms with Crippen LogP contribution in [-0.2, 0) is 0 Å².